The maximum absolute atomic E-state index is 13.0. The van der Waals surface area contributed by atoms with Crippen LogP contribution in [0, 0.1) is 5.92 Å². The fraction of sp³-hybridized carbons (Fsp3) is 0.625. The summed E-state index contributed by atoms with van der Waals surface area (Å²) in [5.74, 6) is -3.08. The molecule has 0 radical (unpaired) electrons. The van der Waals surface area contributed by atoms with Crippen molar-refractivity contribution in [1.29, 1.82) is 0 Å². The fourth-order valence-corrected chi connectivity index (χ4v) is 3.93. The van der Waals surface area contributed by atoms with E-state index in [1.54, 1.807) is 18.7 Å². The minimum absolute atomic E-state index is 0.267. The summed E-state index contributed by atoms with van der Waals surface area (Å²) in [6, 6.07) is 0. The molecule has 2 saturated carbocycles. The normalized spacial score (nSPS) is 21.3. The number of nitrogens with zero attached hydrogens (tertiary/aromatic N) is 2. The summed E-state index contributed by atoms with van der Waals surface area (Å²) in [5, 5.41) is 13.0. The molecule has 0 saturated heterocycles. The summed E-state index contributed by atoms with van der Waals surface area (Å²) in [6.07, 6.45) is 2.30. The maximum Gasteiger partial charge on any atom is 0.249 e. The summed E-state index contributed by atoms with van der Waals surface area (Å²) >= 11 is 1.05. The van der Waals surface area contributed by atoms with Crippen molar-refractivity contribution >= 4 is 28.6 Å². The third-order valence-corrected chi connectivity index (χ3v) is 5.74. The number of amides is 1. The van der Waals surface area contributed by atoms with E-state index in [2.05, 4.69) is 10.4 Å². The Bertz CT molecular complexity index is 714. The first-order chi connectivity index (χ1) is 11.7. The molecule has 0 unspecified atom stereocenters. The number of nitrogens with one attached hydrogen (secondary N) is 1. The minimum atomic E-state index is -2.73. The molecule has 1 amide bonds. The number of alkyl halides is 2. The quantitative estimate of drug-likeness (QED) is 0.691. The van der Waals surface area contributed by atoms with Crippen LogP contribution in [0.15, 0.2) is 5.70 Å². The highest BCUT2D eigenvalue weighted by Gasteiger charge is 2.49. The number of carbonyl (C=O) groups excluding carboxylic acids is 1. The van der Waals surface area contributed by atoms with Crippen molar-refractivity contribution in [3.8, 4) is 0 Å². The third kappa shape index (κ3) is 3.39. The van der Waals surface area contributed by atoms with Crippen LogP contribution in [0.4, 0.5) is 14.6 Å². The van der Waals surface area contributed by atoms with Crippen molar-refractivity contribution in [3.05, 3.63) is 17.0 Å². The van der Waals surface area contributed by atoms with E-state index in [0.29, 0.717) is 16.4 Å². The smallest absolute Gasteiger partial charge is 0.249 e. The lowest BCUT2D eigenvalue weighted by Gasteiger charge is -2.33. The highest BCUT2D eigenvalue weighted by Crippen LogP contribution is 2.46. The zero-order valence-electron chi connectivity index (χ0n) is 14.3. The van der Waals surface area contributed by atoms with Crippen LogP contribution in [-0.4, -0.2) is 21.6 Å². The molecule has 138 valence electrons. The Hall–Kier alpha value is -1.61. The van der Waals surface area contributed by atoms with E-state index in [4.69, 9.17) is 10.9 Å². The molecule has 0 aromatic carbocycles. The Kier molecular flexibility index (Phi) is 4.80. The van der Waals surface area contributed by atoms with Gasteiger partial charge in [0, 0.05) is 37.1 Å². The van der Waals surface area contributed by atoms with Crippen molar-refractivity contribution < 1.29 is 13.6 Å². The van der Waals surface area contributed by atoms with Crippen LogP contribution in [-0.2, 0) is 11.8 Å². The molecule has 2 fully saturated rings. The second kappa shape index (κ2) is 6.60. The van der Waals surface area contributed by atoms with Crippen LogP contribution in [0.5, 0.6) is 0 Å². The number of hydrogen-bond donors (Lipinski definition) is 3. The summed E-state index contributed by atoms with van der Waals surface area (Å²) in [4.78, 5) is 13.0. The van der Waals surface area contributed by atoms with E-state index in [1.807, 2.05) is 0 Å². The number of aromatic nitrogens is 2. The van der Waals surface area contributed by atoms with Gasteiger partial charge in [0.1, 0.15) is 0 Å². The van der Waals surface area contributed by atoms with Gasteiger partial charge in [-0.1, -0.05) is 6.42 Å². The predicted molar refractivity (Wildman–Crippen MR) is 94.7 cm³/mol. The second-order valence-corrected chi connectivity index (χ2v) is 7.59. The number of nitrogens with two attached hydrogens (primary N) is 2. The highest BCUT2D eigenvalue weighted by atomic mass is 32.2. The van der Waals surface area contributed by atoms with Gasteiger partial charge in [0.15, 0.2) is 5.82 Å². The first-order valence-corrected chi connectivity index (χ1v) is 9.20. The molecule has 1 heterocycles. The van der Waals surface area contributed by atoms with Crippen LogP contribution in [0.25, 0.3) is 4.91 Å². The number of rotatable bonds is 5. The number of allylic oxidation sites excluding steroid dienone is 1. The molecule has 1 aromatic rings. The Morgan fingerprint density at radius 3 is 2.48 bits per heavy atom. The van der Waals surface area contributed by atoms with Gasteiger partial charge in [-0.25, -0.2) is 8.78 Å². The SMILES string of the molecule is C/C(N)=C(/SN)c1c(C2CCC2)c(NC(=O)C2CC(F)(F)C2)nn1C. The average molecular weight is 371 g/mol. The predicted octanol–water partition coefficient (Wildman–Crippen LogP) is 2.93. The molecule has 2 aliphatic carbocycles. The van der Waals surface area contributed by atoms with Gasteiger partial charge in [0.05, 0.1) is 10.6 Å². The van der Waals surface area contributed by atoms with Crippen LogP contribution >= 0.6 is 11.9 Å². The standard InChI is InChI=1S/C16H23F2N5OS/c1-8(19)13(25-20)12-11(9-4-3-5-9)14(22-23(12)2)21-15(24)10-6-16(17,18)7-10/h9-10H,3-7,19-20H2,1-2H3,(H,21,22,24)/b13-8-. The fourth-order valence-electron chi connectivity index (χ4n) is 3.39. The Morgan fingerprint density at radius 1 is 1.40 bits per heavy atom. The molecule has 1 aromatic heterocycles. The molecule has 2 aliphatic rings. The number of carbonyl (C=O) groups is 1. The molecule has 25 heavy (non-hydrogen) atoms. The van der Waals surface area contributed by atoms with Crippen molar-refractivity contribution in [1.82, 2.24) is 9.78 Å². The van der Waals surface area contributed by atoms with E-state index >= 15 is 0 Å². The largest absolute Gasteiger partial charge is 0.401 e. The first kappa shape index (κ1) is 18.2. The number of halogens is 2. The van der Waals surface area contributed by atoms with Gasteiger partial charge in [0.25, 0.3) is 0 Å². The van der Waals surface area contributed by atoms with Crippen molar-refractivity contribution in [2.24, 2.45) is 23.8 Å². The van der Waals surface area contributed by atoms with E-state index in [0.717, 1.165) is 42.5 Å². The highest BCUT2D eigenvalue weighted by molar-refractivity contribution is 8.06. The molecular formula is C16H23F2N5OS. The lowest BCUT2D eigenvalue weighted by molar-refractivity contribution is -0.145. The molecule has 3 rings (SSSR count). The lowest BCUT2D eigenvalue weighted by atomic mass is 9.79. The van der Waals surface area contributed by atoms with Gasteiger partial charge < -0.3 is 11.1 Å². The summed E-state index contributed by atoms with van der Waals surface area (Å²) in [6.45, 7) is 1.77. The van der Waals surface area contributed by atoms with E-state index in [1.165, 1.54) is 0 Å². The summed E-state index contributed by atoms with van der Waals surface area (Å²) in [7, 11) is 1.77. The molecular weight excluding hydrogens is 348 g/mol. The van der Waals surface area contributed by atoms with E-state index in [9.17, 15) is 13.6 Å². The molecule has 0 bridgehead atoms. The average Bonchev–Trinajstić information content (AvgIpc) is 2.72. The van der Waals surface area contributed by atoms with E-state index < -0.39 is 30.6 Å². The zero-order valence-corrected chi connectivity index (χ0v) is 15.1. The Morgan fingerprint density at radius 2 is 2.04 bits per heavy atom. The molecule has 9 heteroatoms. The lowest BCUT2D eigenvalue weighted by Crippen LogP contribution is -2.42. The van der Waals surface area contributed by atoms with Gasteiger partial charge in [-0.2, -0.15) is 5.10 Å². The maximum atomic E-state index is 13.0. The van der Waals surface area contributed by atoms with Crippen LogP contribution in [0.2, 0.25) is 0 Å². The van der Waals surface area contributed by atoms with Gasteiger partial charge >= 0.3 is 0 Å². The minimum Gasteiger partial charge on any atom is -0.401 e. The molecule has 0 aliphatic heterocycles. The summed E-state index contributed by atoms with van der Waals surface area (Å²) < 4.78 is 27.7. The van der Waals surface area contributed by atoms with Gasteiger partial charge in [-0.15, -0.1) is 0 Å². The van der Waals surface area contributed by atoms with Crippen molar-refractivity contribution in [2.75, 3.05) is 5.32 Å². The van der Waals surface area contributed by atoms with Crippen LogP contribution < -0.4 is 16.2 Å². The van der Waals surface area contributed by atoms with Gasteiger partial charge in [-0.3, -0.25) is 14.6 Å². The topological polar surface area (TPSA) is 99.0 Å². The number of aryl methyl sites for hydroxylation is 1. The molecule has 5 N–H and O–H groups in total. The third-order valence-electron chi connectivity index (χ3n) is 4.99. The van der Waals surface area contributed by atoms with Crippen LogP contribution in [0.3, 0.4) is 0 Å². The zero-order chi connectivity index (χ0) is 18.4. The monoisotopic (exact) mass is 371 g/mol. The Balaban J connectivity index is 1.92. The van der Waals surface area contributed by atoms with Crippen molar-refractivity contribution in [2.45, 2.75) is 50.9 Å². The van der Waals surface area contributed by atoms with Crippen molar-refractivity contribution in [3.63, 3.8) is 0 Å². The molecule has 6 nitrogen and oxygen atoms in total. The van der Waals surface area contributed by atoms with Gasteiger partial charge in [-0.05, 0) is 37.6 Å². The second-order valence-electron chi connectivity index (χ2n) is 6.94. The Labute approximate surface area is 149 Å². The number of anilines is 1. The first-order valence-electron chi connectivity index (χ1n) is 8.32. The van der Waals surface area contributed by atoms with Gasteiger partial charge in [0.2, 0.25) is 11.8 Å². The van der Waals surface area contributed by atoms with E-state index in [-0.39, 0.29) is 5.92 Å². The molecule has 0 atom stereocenters. The van der Waals surface area contributed by atoms with Crippen LogP contribution in [0.1, 0.15) is 56.2 Å². The molecule has 0 spiro atoms. The summed E-state index contributed by atoms with van der Waals surface area (Å²) in [5.41, 5.74) is 8.25. The number of hydrogen-bond acceptors (Lipinski definition) is 5.